The van der Waals surface area contributed by atoms with Crippen LogP contribution in [0.2, 0.25) is 0 Å². The third-order valence-electron chi connectivity index (χ3n) is 7.50. The van der Waals surface area contributed by atoms with Crippen LogP contribution in [-0.2, 0) is 23.3 Å². The van der Waals surface area contributed by atoms with Crippen LogP contribution < -0.4 is 0 Å². The molecule has 2 atom stereocenters. The zero-order valence-corrected chi connectivity index (χ0v) is 21.3. The summed E-state index contributed by atoms with van der Waals surface area (Å²) >= 11 is 0. The van der Waals surface area contributed by atoms with Gasteiger partial charge >= 0.3 is 0 Å². The van der Waals surface area contributed by atoms with Crippen molar-refractivity contribution < 1.29 is 21.6 Å². The molecule has 0 saturated heterocycles. The molecule has 2 fully saturated rings. The van der Waals surface area contributed by atoms with Crippen LogP contribution in [0, 0.1) is 16.7 Å². The molecule has 30 heavy (non-hydrogen) atoms. The first-order chi connectivity index (χ1) is 14.0. The highest BCUT2D eigenvalue weighted by atomic mass is 32.3. The molecule has 2 saturated carbocycles. The summed E-state index contributed by atoms with van der Waals surface area (Å²) in [5, 5.41) is 0. The van der Waals surface area contributed by atoms with Crippen molar-refractivity contribution in [1.82, 2.24) is 0 Å². The van der Waals surface area contributed by atoms with Crippen LogP contribution in [0.1, 0.15) is 92.4 Å². The fourth-order valence-corrected chi connectivity index (χ4v) is 12.3. The number of ketones is 2. The predicted molar refractivity (Wildman–Crippen MR) is 125 cm³/mol. The molecule has 2 aliphatic rings. The second kappa shape index (κ2) is 10.0. The van der Waals surface area contributed by atoms with E-state index in [9.17, 15) is 18.0 Å². The van der Waals surface area contributed by atoms with E-state index in [0.717, 1.165) is 38.5 Å². The third kappa shape index (κ3) is 5.32. The van der Waals surface area contributed by atoms with E-state index in [1.807, 2.05) is 20.8 Å². The molecule has 0 N–H and O–H groups in total. The Labute approximate surface area is 185 Å². The summed E-state index contributed by atoms with van der Waals surface area (Å²) in [5.41, 5.74) is -1.14. The Bertz CT molecular complexity index is 720. The lowest BCUT2D eigenvalue weighted by Gasteiger charge is -2.41. The normalized spacial score (nSPS) is 26.3. The van der Waals surface area contributed by atoms with Gasteiger partial charge in [0.25, 0.3) is 10.1 Å². The number of carbonyl (C=O) groups excluding carboxylic acids is 2. The van der Waals surface area contributed by atoms with E-state index < -0.39 is 25.8 Å². The van der Waals surface area contributed by atoms with Gasteiger partial charge < -0.3 is 0 Å². The van der Waals surface area contributed by atoms with E-state index in [4.69, 9.17) is 3.63 Å². The molecule has 0 radical (unpaired) electrons. The topological polar surface area (TPSA) is 77.5 Å². The van der Waals surface area contributed by atoms with Crippen molar-refractivity contribution in [2.45, 2.75) is 92.4 Å². The lowest BCUT2D eigenvalue weighted by Crippen LogP contribution is -2.43. The van der Waals surface area contributed by atoms with Gasteiger partial charge in [0.2, 0.25) is 0 Å². The number of hydrogen-bond donors (Lipinski definition) is 0. The summed E-state index contributed by atoms with van der Waals surface area (Å²) in [6.45, 7) is 10.2. The number of fused-ring (bicyclic) bond motifs is 2. The zero-order chi connectivity index (χ0) is 22.6. The first-order valence-corrected chi connectivity index (χ1v) is 15.4. The van der Waals surface area contributed by atoms with Gasteiger partial charge in [0, 0.05) is 24.3 Å². The molecule has 5 nitrogen and oxygen atoms in total. The average molecular weight is 463 g/mol. The van der Waals surface area contributed by atoms with Crippen LogP contribution in [-0.4, -0.2) is 43.0 Å². The number of unbranched alkanes of at least 4 members (excludes halogenated alkanes) is 2. The third-order valence-corrected chi connectivity index (χ3v) is 13.2. The van der Waals surface area contributed by atoms with Gasteiger partial charge in [-0.1, -0.05) is 47.5 Å². The smallest absolute Gasteiger partial charge is 0.277 e. The fraction of sp³-hybridized carbons (Fsp3) is 0.913. The number of rotatable bonds is 14. The molecule has 0 spiro atoms. The van der Waals surface area contributed by atoms with Crippen molar-refractivity contribution in [1.29, 1.82) is 0 Å². The fourth-order valence-electron chi connectivity index (χ4n) is 5.45. The molecule has 2 rings (SSSR count). The maximum absolute atomic E-state index is 13.4. The van der Waals surface area contributed by atoms with Crippen LogP contribution >= 0.6 is 10.3 Å². The molecular formula is C23H42O5S2. The average Bonchev–Trinajstić information content (AvgIpc) is 2.98. The molecule has 176 valence electrons. The van der Waals surface area contributed by atoms with Gasteiger partial charge in [-0.15, -0.1) is 10.3 Å². The number of carbonyl (C=O) groups is 2. The summed E-state index contributed by atoms with van der Waals surface area (Å²) in [7, 11) is -5.99. The van der Waals surface area contributed by atoms with Gasteiger partial charge in [0.05, 0.1) is 16.9 Å². The minimum Gasteiger partial charge on any atom is -0.299 e. The van der Waals surface area contributed by atoms with Gasteiger partial charge in [-0.2, -0.15) is 8.42 Å². The lowest BCUT2D eigenvalue weighted by molar-refractivity contribution is -0.128. The highest BCUT2D eigenvalue weighted by molar-refractivity contribution is 8.33. The van der Waals surface area contributed by atoms with E-state index in [1.54, 1.807) is 0 Å². The molecular weight excluding hydrogens is 420 g/mol. The second-order valence-corrected chi connectivity index (χ2v) is 14.9. The van der Waals surface area contributed by atoms with E-state index in [0.29, 0.717) is 30.8 Å². The van der Waals surface area contributed by atoms with Crippen molar-refractivity contribution in [2.24, 2.45) is 16.7 Å². The van der Waals surface area contributed by atoms with Crippen molar-refractivity contribution in [3.05, 3.63) is 0 Å². The lowest BCUT2D eigenvalue weighted by atomic mass is 9.70. The predicted octanol–water partition coefficient (Wildman–Crippen LogP) is 5.42. The Morgan fingerprint density at radius 3 is 2.10 bits per heavy atom. The molecule has 0 amide bonds. The van der Waals surface area contributed by atoms with E-state index in [-0.39, 0.29) is 34.4 Å². The van der Waals surface area contributed by atoms with Crippen molar-refractivity contribution in [3.8, 4) is 0 Å². The minimum atomic E-state index is -3.93. The molecule has 2 aliphatic carbocycles. The Morgan fingerprint density at radius 2 is 1.67 bits per heavy atom. The quantitative estimate of drug-likeness (QED) is 0.344. The van der Waals surface area contributed by atoms with Crippen molar-refractivity contribution >= 4 is 32.0 Å². The molecule has 0 heterocycles. The van der Waals surface area contributed by atoms with Crippen LogP contribution in [0.4, 0.5) is 0 Å². The largest absolute Gasteiger partial charge is 0.299 e. The molecule has 0 aromatic heterocycles. The van der Waals surface area contributed by atoms with Crippen molar-refractivity contribution in [3.63, 3.8) is 0 Å². The minimum absolute atomic E-state index is 0.0840. The van der Waals surface area contributed by atoms with Gasteiger partial charge in [-0.3, -0.25) is 9.59 Å². The van der Waals surface area contributed by atoms with Crippen LogP contribution in [0.25, 0.3) is 0 Å². The Morgan fingerprint density at radius 1 is 1.07 bits per heavy atom. The molecule has 2 unspecified atom stereocenters. The van der Waals surface area contributed by atoms with Crippen LogP contribution in [0.5, 0.6) is 0 Å². The van der Waals surface area contributed by atoms with Crippen molar-refractivity contribution in [2.75, 3.05) is 23.0 Å². The van der Waals surface area contributed by atoms with E-state index in [1.165, 1.54) is 0 Å². The molecule has 7 heteroatoms. The van der Waals surface area contributed by atoms with Gasteiger partial charge in [0.1, 0.15) is 11.6 Å². The van der Waals surface area contributed by atoms with E-state index in [2.05, 4.69) is 13.8 Å². The number of hydrogen-bond acceptors (Lipinski definition) is 5. The van der Waals surface area contributed by atoms with Gasteiger partial charge in [-0.05, 0) is 43.4 Å². The highest BCUT2D eigenvalue weighted by Gasteiger charge is 2.65. The molecule has 0 aromatic rings. The Hall–Kier alpha value is -0.400. The highest BCUT2D eigenvalue weighted by Crippen LogP contribution is 2.65. The number of Topliss-reactive ketones (excluding diaryl/α,β-unsaturated/α-hetero) is 2. The first-order valence-electron chi connectivity index (χ1n) is 11.7. The monoisotopic (exact) mass is 462 g/mol. The summed E-state index contributed by atoms with van der Waals surface area (Å²) in [5.74, 6) is 1.75. The summed E-state index contributed by atoms with van der Waals surface area (Å²) in [6, 6.07) is 0. The van der Waals surface area contributed by atoms with Gasteiger partial charge in [0.15, 0.2) is 0 Å². The van der Waals surface area contributed by atoms with Crippen LogP contribution in [0.15, 0.2) is 0 Å². The maximum atomic E-state index is 13.4. The standard InChI is InChI=1S/C23H42O5S2/c1-6-9-14-29(15-10-7-2,17-20(24)11-8-3)28-30(26,27)18-23-13-12-19(16-21(23)25)22(23,4)5/h19H,6-18H2,1-5H3. The first kappa shape index (κ1) is 25.9. The summed E-state index contributed by atoms with van der Waals surface area (Å²) in [4.78, 5) is 25.4. The maximum Gasteiger partial charge on any atom is 0.277 e. The summed E-state index contributed by atoms with van der Waals surface area (Å²) in [6.07, 6.45) is 6.83. The van der Waals surface area contributed by atoms with E-state index >= 15 is 0 Å². The van der Waals surface area contributed by atoms with Gasteiger partial charge in [-0.25, -0.2) is 3.63 Å². The summed E-state index contributed by atoms with van der Waals surface area (Å²) < 4.78 is 32.9. The van der Waals surface area contributed by atoms with Crippen LogP contribution in [0.3, 0.4) is 0 Å². The zero-order valence-electron chi connectivity index (χ0n) is 19.6. The Balaban J connectivity index is 2.31. The Kier molecular flexibility index (Phi) is 8.65. The molecule has 0 aromatic carbocycles. The molecule has 2 bridgehead atoms. The molecule has 0 aliphatic heterocycles. The second-order valence-electron chi connectivity index (χ2n) is 9.95. The SMILES string of the molecule is CCCCS(CCCC)(CC(=O)CCC)OS(=O)(=O)CC12CCC(CC1=O)C2(C)C.